The molecule has 3 rings (SSSR count). The lowest BCUT2D eigenvalue weighted by atomic mass is 9.95. The molecule has 0 spiro atoms. The summed E-state index contributed by atoms with van der Waals surface area (Å²) in [5.41, 5.74) is 1.26. The maximum atomic E-state index is 13.2. The molecule has 1 N–H and O–H groups in total. The molecule has 0 bridgehead atoms. The number of carbonyl (C=O) groups excluding carboxylic acids is 2. The van der Waals surface area contributed by atoms with Crippen LogP contribution in [0.4, 0.5) is 0 Å². The van der Waals surface area contributed by atoms with Gasteiger partial charge in [0.05, 0.1) is 25.3 Å². The molecule has 0 aromatic heterocycles. The van der Waals surface area contributed by atoms with Gasteiger partial charge >= 0.3 is 0 Å². The van der Waals surface area contributed by atoms with Crippen molar-refractivity contribution in [1.82, 2.24) is 9.80 Å². The average molecular weight is 481 g/mol. The number of aliphatic hydroxyl groups excluding tert-OH is 1. The van der Waals surface area contributed by atoms with Crippen molar-refractivity contribution < 1.29 is 24.2 Å². The first kappa shape index (κ1) is 26.3. The van der Waals surface area contributed by atoms with Crippen molar-refractivity contribution in [2.45, 2.75) is 39.7 Å². The van der Waals surface area contributed by atoms with Crippen molar-refractivity contribution in [2.75, 3.05) is 39.9 Å². The van der Waals surface area contributed by atoms with Crippen molar-refractivity contribution in [1.29, 1.82) is 0 Å². The number of ether oxygens (including phenoxy) is 2. The van der Waals surface area contributed by atoms with Gasteiger partial charge in [0.2, 0.25) is 0 Å². The topological polar surface area (TPSA) is 79.3 Å². The number of hydrogen-bond acceptors (Lipinski definition) is 6. The molecule has 0 aliphatic carbocycles. The molecule has 35 heavy (non-hydrogen) atoms. The standard InChI is InChI=1S/C28H36N2O5/c1-5-8-18-35-22-15-14-21(19-23(22)34-4)25-24(26(31)20-12-10-9-11-13-20)27(32)28(33)30(25)17-16-29(6-2)7-3/h9-15,19,25,31H,5-8,16-18H2,1-4H3. The summed E-state index contributed by atoms with van der Waals surface area (Å²) in [7, 11) is 1.56. The highest BCUT2D eigenvalue weighted by Gasteiger charge is 2.46. The van der Waals surface area contributed by atoms with E-state index in [-0.39, 0.29) is 11.3 Å². The largest absolute Gasteiger partial charge is 0.507 e. The molecule has 1 fully saturated rings. The summed E-state index contributed by atoms with van der Waals surface area (Å²) in [6.45, 7) is 9.45. The highest BCUT2D eigenvalue weighted by atomic mass is 16.5. The minimum atomic E-state index is -0.732. The summed E-state index contributed by atoms with van der Waals surface area (Å²) in [5.74, 6) is -0.345. The number of rotatable bonds is 12. The maximum Gasteiger partial charge on any atom is 0.295 e. The van der Waals surface area contributed by atoms with Crippen LogP contribution in [-0.2, 0) is 9.59 Å². The average Bonchev–Trinajstić information content (AvgIpc) is 3.14. The molecule has 7 heteroatoms. The van der Waals surface area contributed by atoms with Crippen molar-refractivity contribution in [3.8, 4) is 11.5 Å². The van der Waals surface area contributed by atoms with Crippen LogP contribution in [0, 0.1) is 0 Å². The Morgan fingerprint density at radius 1 is 1.03 bits per heavy atom. The Labute approximate surface area is 207 Å². The van der Waals surface area contributed by atoms with Crippen LogP contribution in [0.1, 0.15) is 50.8 Å². The molecule has 0 saturated carbocycles. The summed E-state index contributed by atoms with van der Waals surface area (Å²) in [6, 6.07) is 13.5. The van der Waals surface area contributed by atoms with Crippen LogP contribution in [0.2, 0.25) is 0 Å². The number of likely N-dealkylation sites (tertiary alicyclic amines) is 1. The number of amides is 1. The number of nitrogens with zero attached hydrogens (tertiary/aromatic N) is 2. The molecule has 1 atom stereocenters. The van der Waals surface area contributed by atoms with Crippen molar-refractivity contribution in [3.05, 3.63) is 65.2 Å². The first-order valence-corrected chi connectivity index (χ1v) is 12.3. The van der Waals surface area contributed by atoms with Crippen LogP contribution in [0.3, 0.4) is 0 Å². The monoisotopic (exact) mass is 480 g/mol. The molecule has 7 nitrogen and oxygen atoms in total. The second-order valence-electron chi connectivity index (χ2n) is 8.50. The summed E-state index contributed by atoms with van der Waals surface area (Å²) in [6.07, 6.45) is 1.94. The number of ketones is 1. The van der Waals surface area contributed by atoms with Gasteiger partial charge in [0.1, 0.15) is 5.76 Å². The smallest absolute Gasteiger partial charge is 0.295 e. The van der Waals surface area contributed by atoms with E-state index in [0.29, 0.717) is 42.3 Å². The van der Waals surface area contributed by atoms with Crippen molar-refractivity contribution in [3.63, 3.8) is 0 Å². The van der Waals surface area contributed by atoms with E-state index >= 15 is 0 Å². The Hall–Kier alpha value is -3.32. The fourth-order valence-corrected chi connectivity index (χ4v) is 4.30. The van der Waals surface area contributed by atoms with Crippen LogP contribution in [-0.4, -0.2) is 66.5 Å². The van der Waals surface area contributed by atoms with Gasteiger partial charge in [0.15, 0.2) is 11.5 Å². The third kappa shape index (κ3) is 5.85. The fraction of sp³-hybridized carbons (Fsp3) is 0.429. The molecule has 188 valence electrons. The summed E-state index contributed by atoms with van der Waals surface area (Å²) >= 11 is 0. The number of methoxy groups -OCH3 is 1. The zero-order chi connectivity index (χ0) is 25.4. The normalized spacial score (nSPS) is 17.3. The van der Waals surface area contributed by atoms with Crippen LogP contribution in [0.5, 0.6) is 11.5 Å². The summed E-state index contributed by atoms with van der Waals surface area (Å²) in [4.78, 5) is 30.1. The number of carbonyl (C=O) groups is 2. The SMILES string of the molecule is CCCCOc1ccc(C2C(=C(O)c3ccccc3)C(=O)C(=O)N2CCN(CC)CC)cc1OC. The number of hydrogen-bond donors (Lipinski definition) is 1. The highest BCUT2D eigenvalue weighted by Crippen LogP contribution is 2.41. The second kappa shape index (κ2) is 12.4. The molecule has 1 aliphatic heterocycles. The van der Waals surface area contributed by atoms with E-state index < -0.39 is 17.7 Å². The predicted molar refractivity (Wildman–Crippen MR) is 137 cm³/mol. The van der Waals surface area contributed by atoms with Gasteiger partial charge in [-0.2, -0.15) is 0 Å². The lowest BCUT2D eigenvalue weighted by molar-refractivity contribution is -0.140. The molecule has 1 amide bonds. The van der Waals surface area contributed by atoms with Crippen molar-refractivity contribution >= 4 is 17.4 Å². The molecule has 1 heterocycles. The van der Waals surface area contributed by atoms with Crippen molar-refractivity contribution in [2.24, 2.45) is 0 Å². The lowest BCUT2D eigenvalue weighted by Crippen LogP contribution is -2.38. The number of unbranched alkanes of at least 4 members (excludes halogenated alkanes) is 1. The number of aliphatic hydroxyl groups is 1. The third-order valence-corrected chi connectivity index (χ3v) is 6.40. The maximum absolute atomic E-state index is 13.2. The minimum Gasteiger partial charge on any atom is -0.507 e. The van der Waals surface area contributed by atoms with E-state index in [1.165, 1.54) is 0 Å². The van der Waals surface area contributed by atoms with Gasteiger partial charge in [0, 0.05) is 18.7 Å². The molecule has 1 saturated heterocycles. The second-order valence-corrected chi connectivity index (χ2v) is 8.50. The number of likely N-dealkylation sites (N-methyl/N-ethyl adjacent to an activating group) is 1. The van der Waals surface area contributed by atoms with E-state index in [4.69, 9.17) is 9.47 Å². The predicted octanol–water partition coefficient (Wildman–Crippen LogP) is 4.64. The van der Waals surface area contributed by atoms with Gasteiger partial charge < -0.3 is 24.4 Å². The molecule has 1 unspecified atom stereocenters. The summed E-state index contributed by atoms with van der Waals surface area (Å²) in [5, 5.41) is 11.2. The van der Waals surface area contributed by atoms with E-state index in [9.17, 15) is 14.7 Å². The number of benzene rings is 2. The molecular formula is C28H36N2O5. The van der Waals surface area contributed by atoms with Crippen LogP contribution in [0.15, 0.2) is 54.1 Å². The van der Waals surface area contributed by atoms with Crippen LogP contribution in [0.25, 0.3) is 5.76 Å². The summed E-state index contributed by atoms with van der Waals surface area (Å²) < 4.78 is 11.4. The van der Waals surface area contributed by atoms with E-state index in [1.54, 1.807) is 48.4 Å². The lowest BCUT2D eigenvalue weighted by Gasteiger charge is -2.28. The Morgan fingerprint density at radius 3 is 2.37 bits per heavy atom. The van der Waals surface area contributed by atoms with E-state index in [1.807, 2.05) is 12.1 Å². The Bertz CT molecular complexity index is 1050. The molecular weight excluding hydrogens is 444 g/mol. The Balaban J connectivity index is 2.08. The zero-order valence-electron chi connectivity index (χ0n) is 21.1. The van der Waals surface area contributed by atoms with Gasteiger partial charge in [0.25, 0.3) is 11.7 Å². The quantitative estimate of drug-likeness (QED) is 0.206. The zero-order valence-corrected chi connectivity index (χ0v) is 21.1. The fourth-order valence-electron chi connectivity index (χ4n) is 4.30. The molecule has 1 aliphatic rings. The first-order valence-electron chi connectivity index (χ1n) is 12.3. The molecule has 0 radical (unpaired) electrons. The van der Waals surface area contributed by atoms with Crippen LogP contribution < -0.4 is 9.47 Å². The third-order valence-electron chi connectivity index (χ3n) is 6.40. The van der Waals surface area contributed by atoms with Gasteiger partial charge in [-0.25, -0.2) is 0 Å². The highest BCUT2D eigenvalue weighted by molar-refractivity contribution is 6.46. The first-order chi connectivity index (χ1) is 17.0. The minimum absolute atomic E-state index is 0.0856. The van der Waals surface area contributed by atoms with Gasteiger partial charge in [-0.1, -0.05) is 63.6 Å². The molecule has 2 aromatic carbocycles. The Morgan fingerprint density at radius 2 is 1.74 bits per heavy atom. The number of Topliss-reactive ketones (excluding diaryl/α,β-unsaturated/α-hetero) is 1. The Kier molecular flexibility index (Phi) is 9.32. The van der Waals surface area contributed by atoms with Gasteiger partial charge in [-0.15, -0.1) is 0 Å². The van der Waals surface area contributed by atoms with E-state index in [0.717, 1.165) is 25.9 Å². The van der Waals surface area contributed by atoms with Crippen LogP contribution >= 0.6 is 0 Å². The molecule has 2 aromatic rings. The van der Waals surface area contributed by atoms with Gasteiger partial charge in [-0.3, -0.25) is 9.59 Å². The van der Waals surface area contributed by atoms with Gasteiger partial charge in [-0.05, 0) is 37.2 Å². The van der Waals surface area contributed by atoms with E-state index in [2.05, 4.69) is 25.7 Å².